The van der Waals surface area contributed by atoms with Crippen LogP contribution in [-0.2, 0) is 5.75 Å². The van der Waals surface area contributed by atoms with Gasteiger partial charge in [0.15, 0.2) is 5.13 Å². The Bertz CT molecular complexity index is 569. The second-order valence-corrected chi connectivity index (χ2v) is 5.49. The Morgan fingerprint density at radius 2 is 2.37 bits per heavy atom. The molecule has 0 unspecified atom stereocenters. The Morgan fingerprint density at radius 3 is 3.11 bits per heavy atom. The van der Waals surface area contributed by atoms with Gasteiger partial charge < -0.3 is 4.74 Å². The van der Waals surface area contributed by atoms with E-state index in [1.807, 2.05) is 11.6 Å². The predicted octanol–water partition coefficient (Wildman–Crippen LogP) is 3.27. The van der Waals surface area contributed by atoms with Gasteiger partial charge in [-0.15, -0.1) is 11.3 Å². The molecular formula is C13H14N2O2S2. The van der Waals surface area contributed by atoms with Gasteiger partial charge in [-0.1, -0.05) is 6.07 Å². The second kappa shape index (κ2) is 6.58. The quantitative estimate of drug-likeness (QED) is 0.919. The van der Waals surface area contributed by atoms with Gasteiger partial charge >= 0.3 is 0 Å². The lowest BCUT2D eigenvalue weighted by Gasteiger charge is -2.04. The van der Waals surface area contributed by atoms with Gasteiger partial charge in [0, 0.05) is 16.7 Å². The monoisotopic (exact) mass is 294 g/mol. The maximum absolute atomic E-state index is 12.0. The molecule has 0 atom stereocenters. The van der Waals surface area contributed by atoms with E-state index in [1.54, 1.807) is 43.1 Å². The summed E-state index contributed by atoms with van der Waals surface area (Å²) in [4.78, 5) is 16.4. The SMILES string of the molecule is COc1cccc(C(=O)Nc2nc(CSC)cs2)c1. The van der Waals surface area contributed by atoms with Crippen molar-refractivity contribution in [3.63, 3.8) is 0 Å². The predicted molar refractivity (Wildman–Crippen MR) is 80.3 cm³/mol. The molecule has 0 spiro atoms. The molecule has 1 N–H and O–H groups in total. The van der Waals surface area contributed by atoms with Crippen LogP contribution in [0.1, 0.15) is 16.1 Å². The summed E-state index contributed by atoms with van der Waals surface area (Å²) in [6, 6.07) is 7.03. The molecule has 0 aliphatic rings. The zero-order valence-electron chi connectivity index (χ0n) is 10.7. The zero-order valence-corrected chi connectivity index (χ0v) is 12.3. The van der Waals surface area contributed by atoms with Crippen molar-refractivity contribution < 1.29 is 9.53 Å². The molecule has 6 heteroatoms. The number of carbonyl (C=O) groups is 1. The normalized spacial score (nSPS) is 10.2. The highest BCUT2D eigenvalue weighted by Gasteiger charge is 2.09. The maximum atomic E-state index is 12.0. The Morgan fingerprint density at radius 1 is 1.53 bits per heavy atom. The number of thiazole rings is 1. The van der Waals surface area contributed by atoms with Crippen molar-refractivity contribution in [1.29, 1.82) is 0 Å². The summed E-state index contributed by atoms with van der Waals surface area (Å²) in [7, 11) is 1.58. The summed E-state index contributed by atoms with van der Waals surface area (Å²) >= 11 is 3.14. The molecule has 0 radical (unpaired) electrons. The summed E-state index contributed by atoms with van der Waals surface area (Å²) in [6.45, 7) is 0. The van der Waals surface area contributed by atoms with Crippen LogP contribution in [0.5, 0.6) is 5.75 Å². The van der Waals surface area contributed by atoms with E-state index in [4.69, 9.17) is 4.74 Å². The lowest BCUT2D eigenvalue weighted by Crippen LogP contribution is -2.11. The van der Waals surface area contributed by atoms with E-state index in [0.29, 0.717) is 16.4 Å². The van der Waals surface area contributed by atoms with Crippen molar-refractivity contribution >= 4 is 34.1 Å². The molecule has 0 fully saturated rings. The molecule has 2 aromatic rings. The number of thioether (sulfide) groups is 1. The fourth-order valence-corrected chi connectivity index (χ4v) is 2.77. The summed E-state index contributed by atoms with van der Waals surface area (Å²) in [5.74, 6) is 1.34. The number of amides is 1. The van der Waals surface area contributed by atoms with Gasteiger partial charge in [-0.05, 0) is 24.5 Å². The number of carbonyl (C=O) groups excluding carboxylic acids is 1. The van der Waals surface area contributed by atoms with E-state index in [9.17, 15) is 4.79 Å². The van der Waals surface area contributed by atoms with E-state index in [-0.39, 0.29) is 5.91 Å². The molecule has 2 rings (SSSR count). The summed E-state index contributed by atoms with van der Waals surface area (Å²) < 4.78 is 5.10. The third-order valence-electron chi connectivity index (χ3n) is 2.40. The average Bonchev–Trinajstić information content (AvgIpc) is 2.86. The lowest BCUT2D eigenvalue weighted by atomic mass is 10.2. The zero-order chi connectivity index (χ0) is 13.7. The van der Waals surface area contributed by atoms with Crippen molar-refractivity contribution in [2.24, 2.45) is 0 Å². The van der Waals surface area contributed by atoms with Gasteiger partial charge in [0.25, 0.3) is 5.91 Å². The van der Waals surface area contributed by atoms with Crippen LogP contribution in [0, 0.1) is 0 Å². The van der Waals surface area contributed by atoms with E-state index >= 15 is 0 Å². The first-order valence-electron chi connectivity index (χ1n) is 5.61. The van der Waals surface area contributed by atoms with Crippen LogP contribution in [0.4, 0.5) is 5.13 Å². The third kappa shape index (κ3) is 3.71. The number of ether oxygens (including phenoxy) is 1. The molecule has 1 amide bonds. The Labute approximate surface area is 120 Å². The lowest BCUT2D eigenvalue weighted by molar-refractivity contribution is 0.102. The van der Waals surface area contributed by atoms with Crippen LogP contribution < -0.4 is 10.1 Å². The van der Waals surface area contributed by atoms with Crippen molar-refractivity contribution in [3.05, 3.63) is 40.9 Å². The molecule has 0 saturated heterocycles. The van der Waals surface area contributed by atoms with Crippen LogP contribution >= 0.6 is 23.1 Å². The van der Waals surface area contributed by atoms with E-state index < -0.39 is 0 Å². The van der Waals surface area contributed by atoms with Gasteiger partial charge in [0.05, 0.1) is 12.8 Å². The first kappa shape index (κ1) is 13.9. The van der Waals surface area contributed by atoms with Crippen LogP contribution in [0.2, 0.25) is 0 Å². The van der Waals surface area contributed by atoms with Crippen LogP contribution in [0.25, 0.3) is 0 Å². The highest BCUT2D eigenvalue weighted by Crippen LogP contribution is 2.20. The number of hydrogen-bond donors (Lipinski definition) is 1. The fourth-order valence-electron chi connectivity index (χ4n) is 1.51. The van der Waals surface area contributed by atoms with Gasteiger partial charge in [0.1, 0.15) is 5.75 Å². The van der Waals surface area contributed by atoms with E-state index in [1.165, 1.54) is 11.3 Å². The minimum absolute atomic E-state index is 0.177. The number of anilines is 1. The summed E-state index contributed by atoms with van der Waals surface area (Å²) in [5.41, 5.74) is 1.54. The molecule has 1 aromatic carbocycles. The Hall–Kier alpha value is -1.53. The van der Waals surface area contributed by atoms with Crippen molar-refractivity contribution in [2.45, 2.75) is 5.75 Å². The highest BCUT2D eigenvalue weighted by molar-refractivity contribution is 7.97. The maximum Gasteiger partial charge on any atom is 0.257 e. The molecule has 1 heterocycles. The number of hydrogen-bond acceptors (Lipinski definition) is 5. The molecule has 0 bridgehead atoms. The van der Waals surface area contributed by atoms with Crippen molar-refractivity contribution in [3.8, 4) is 5.75 Å². The van der Waals surface area contributed by atoms with Gasteiger partial charge in [-0.3, -0.25) is 10.1 Å². The molecule has 19 heavy (non-hydrogen) atoms. The largest absolute Gasteiger partial charge is 0.497 e. The minimum atomic E-state index is -0.177. The smallest absolute Gasteiger partial charge is 0.257 e. The number of nitrogens with zero attached hydrogens (tertiary/aromatic N) is 1. The topological polar surface area (TPSA) is 51.2 Å². The minimum Gasteiger partial charge on any atom is -0.497 e. The summed E-state index contributed by atoms with van der Waals surface area (Å²) in [6.07, 6.45) is 2.02. The van der Waals surface area contributed by atoms with Crippen LogP contribution in [-0.4, -0.2) is 24.3 Å². The molecule has 0 aliphatic carbocycles. The van der Waals surface area contributed by atoms with Gasteiger partial charge in [0.2, 0.25) is 0 Å². The third-order valence-corrected chi connectivity index (χ3v) is 3.79. The van der Waals surface area contributed by atoms with Gasteiger partial charge in [-0.25, -0.2) is 4.98 Å². The molecular weight excluding hydrogens is 280 g/mol. The first-order valence-corrected chi connectivity index (χ1v) is 7.89. The van der Waals surface area contributed by atoms with E-state index in [2.05, 4.69) is 10.3 Å². The standard InChI is InChI=1S/C13H14N2O2S2/c1-17-11-5-3-4-9(6-11)12(16)15-13-14-10(7-18-2)8-19-13/h3-6,8H,7H2,1-2H3,(H,14,15,16). The average molecular weight is 294 g/mol. The second-order valence-electron chi connectivity index (χ2n) is 3.76. The van der Waals surface area contributed by atoms with Crippen molar-refractivity contribution in [2.75, 3.05) is 18.7 Å². The molecule has 1 aromatic heterocycles. The molecule has 0 aliphatic heterocycles. The number of benzene rings is 1. The number of nitrogens with one attached hydrogen (secondary N) is 1. The van der Waals surface area contributed by atoms with E-state index in [0.717, 1.165) is 11.4 Å². The Balaban J connectivity index is 2.06. The summed E-state index contributed by atoms with van der Waals surface area (Å²) in [5, 5.41) is 5.37. The van der Waals surface area contributed by atoms with Crippen molar-refractivity contribution in [1.82, 2.24) is 4.98 Å². The molecule has 100 valence electrons. The number of rotatable bonds is 5. The van der Waals surface area contributed by atoms with Crippen LogP contribution in [0.15, 0.2) is 29.6 Å². The number of aromatic nitrogens is 1. The number of methoxy groups -OCH3 is 1. The first-order chi connectivity index (χ1) is 9.22. The molecule has 0 saturated carbocycles. The highest BCUT2D eigenvalue weighted by atomic mass is 32.2. The van der Waals surface area contributed by atoms with Gasteiger partial charge in [-0.2, -0.15) is 11.8 Å². The molecule has 4 nitrogen and oxygen atoms in total. The Kier molecular flexibility index (Phi) is 4.81. The fraction of sp³-hybridized carbons (Fsp3) is 0.231. The van der Waals surface area contributed by atoms with Crippen LogP contribution in [0.3, 0.4) is 0 Å².